The topological polar surface area (TPSA) is 105 Å². The zero-order chi connectivity index (χ0) is 32.0. The van der Waals surface area contributed by atoms with Crippen LogP contribution >= 0.6 is 15.9 Å². The number of hydrogen-bond acceptors (Lipinski definition) is 8. The maximum absolute atomic E-state index is 16.2. The molecule has 0 bridgehead atoms. The summed E-state index contributed by atoms with van der Waals surface area (Å²) in [7, 11) is 0. The Morgan fingerprint density at radius 3 is 2.00 bits per heavy atom. The Bertz CT molecular complexity index is 2350. The molecule has 232 valence electrons. The smallest absolute Gasteiger partial charge is 0.343 e. The number of nitrogens with one attached hydrogen (secondary N) is 1. The Morgan fingerprint density at radius 2 is 1.38 bits per heavy atom. The molecule has 1 amide bonds. The van der Waals surface area contributed by atoms with Crippen LogP contribution in [0, 0.1) is 5.82 Å². The molecule has 0 unspecified atom stereocenters. The first kappa shape index (κ1) is 28.0. The van der Waals surface area contributed by atoms with Gasteiger partial charge in [-0.25, -0.2) is 14.0 Å². The van der Waals surface area contributed by atoms with Crippen LogP contribution in [0.4, 0.5) is 32.8 Å². The molecule has 0 atom stereocenters. The minimum atomic E-state index is -1.96. The number of morpholine rings is 1. The predicted molar refractivity (Wildman–Crippen MR) is 179 cm³/mol. The summed E-state index contributed by atoms with van der Waals surface area (Å²) in [4.78, 5) is 46.9. The highest BCUT2D eigenvalue weighted by Gasteiger charge is 2.60. The molecule has 0 radical (unpaired) electrons. The molecule has 0 saturated carbocycles. The first-order valence-corrected chi connectivity index (χ1v) is 15.8. The zero-order valence-electron chi connectivity index (χ0n) is 24.5. The number of carbonyl (C=O) groups excluding carboxylic acids is 1. The number of benzene rings is 4. The fourth-order valence-corrected chi connectivity index (χ4v) is 7.72. The van der Waals surface area contributed by atoms with Gasteiger partial charge in [0, 0.05) is 51.3 Å². The number of carbonyl (C=O) groups is 1. The van der Waals surface area contributed by atoms with Gasteiger partial charge in [-0.15, -0.1) is 0 Å². The average Bonchev–Trinajstić information content (AvgIpc) is 3.35. The molecule has 5 heterocycles. The molecule has 47 heavy (non-hydrogen) atoms. The van der Waals surface area contributed by atoms with Gasteiger partial charge in [0.25, 0.3) is 0 Å². The molecular weight excluding hydrogens is 669 g/mol. The number of fused-ring (bicyclic) bond motifs is 10. The predicted octanol–water partition coefficient (Wildman–Crippen LogP) is 6.71. The van der Waals surface area contributed by atoms with Gasteiger partial charge in [0.2, 0.25) is 5.91 Å². The Hall–Kier alpha value is -5.26. The first-order valence-electron chi connectivity index (χ1n) is 15.0. The third kappa shape index (κ3) is 3.81. The normalized spacial score (nSPS) is 16.3. The molecule has 1 fully saturated rings. The van der Waals surface area contributed by atoms with Crippen molar-refractivity contribution in [3.63, 3.8) is 0 Å². The van der Waals surface area contributed by atoms with E-state index in [0.717, 1.165) is 0 Å². The lowest BCUT2D eigenvalue weighted by Gasteiger charge is -2.41. The highest BCUT2D eigenvalue weighted by molar-refractivity contribution is 9.10. The van der Waals surface area contributed by atoms with E-state index in [1.807, 2.05) is 4.90 Å². The maximum Gasteiger partial charge on any atom is 0.343 e. The standard InChI is InChI=1S/C36H23BrFN3O6/c37-19-9-11-25-23(17-19)36(35(44)39-25)29-31(21-5-1-3-7-27(21)46-33(29)42)41(32-22-6-2-4-8-28(22)47-34(43)30(32)36)20-10-12-26(24(38)18-20)40-13-15-45-16-14-40/h1-12,17-18H,13-16H2,(H,39,44). The minimum Gasteiger partial charge on any atom is -0.422 e. The molecule has 3 aliphatic rings. The summed E-state index contributed by atoms with van der Waals surface area (Å²) in [6, 6.07) is 24.0. The number of rotatable bonds is 2. The van der Waals surface area contributed by atoms with Gasteiger partial charge in [0.1, 0.15) is 22.4 Å². The molecule has 9 nitrogen and oxygen atoms in total. The highest BCUT2D eigenvalue weighted by Crippen LogP contribution is 2.59. The van der Waals surface area contributed by atoms with Gasteiger partial charge in [-0.05, 0) is 54.6 Å². The summed E-state index contributed by atoms with van der Waals surface area (Å²) in [5.74, 6) is -1.09. The lowest BCUT2D eigenvalue weighted by atomic mass is 9.67. The van der Waals surface area contributed by atoms with Crippen LogP contribution in [0.3, 0.4) is 0 Å². The van der Waals surface area contributed by atoms with Gasteiger partial charge in [-0.1, -0.05) is 40.2 Å². The van der Waals surface area contributed by atoms with E-state index in [4.69, 9.17) is 13.6 Å². The maximum atomic E-state index is 16.2. The second kappa shape index (κ2) is 10.1. The van der Waals surface area contributed by atoms with Crippen LogP contribution in [0.1, 0.15) is 16.7 Å². The van der Waals surface area contributed by atoms with Crippen molar-refractivity contribution < 1.29 is 22.8 Å². The molecule has 1 N–H and O–H groups in total. The second-order valence-electron chi connectivity index (χ2n) is 11.7. The summed E-state index contributed by atoms with van der Waals surface area (Å²) < 4.78 is 34.1. The summed E-state index contributed by atoms with van der Waals surface area (Å²) in [5.41, 5.74) is -0.989. The Labute approximate surface area is 273 Å². The third-order valence-corrected chi connectivity index (χ3v) is 9.78. The largest absolute Gasteiger partial charge is 0.422 e. The SMILES string of the molecule is O=C1Nc2ccc(Br)cc2C12c1c(c3ccccc3oc1=O)N(c1ccc(N3CCOCC3)c(F)c1)c1c2c(=O)oc2ccccc12. The summed E-state index contributed by atoms with van der Waals surface area (Å²) in [5, 5.41) is 3.91. The Morgan fingerprint density at radius 1 is 0.766 bits per heavy atom. The van der Waals surface area contributed by atoms with Crippen LogP contribution in [0.15, 0.2) is 108 Å². The second-order valence-corrected chi connectivity index (χ2v) is 12.6. The van der Waals surface area contributed by atoms with E-state index in [-0.39, 0.29) is 22.3 Å². The first-order chi connectivity index (χ1) is 22.9. The van der Waals surface area contributed by atoms with Crippen LogP contribution in [0.2, 0.25) is 0 Å². The molecule has 2 aromatic heterocycles. The van der Waals surface area contributed by atoms with Crippen LogP contribution < -0.4 is 26.4 Å². The Balaban J connectivity index is 1.47. The van der Waals surface area contributed by atoms with E-state index < -0.39 is 28.4 Å². The van der Waals surface area contributed by atoms with Gasteiger partial charge >= 0.3 is 11.3 Å². The number of nitrogens with zero attached hydrogens (tertiary/aromatic N) is 2. The third-order valence-electron chi connectivity index (χ3n) is 9.28. The molecular formula is C36H23BrFN3O6. The average molecular weight is 692 g/mol. The molecule has 1 saturated heterocycles. The van der Waals surface area contributed by atoms with E-state index >= 15 is 4.39 Å². The van der Waals surface area contributed by atoms with Crippen molar-refractivity contribution in [3.05, 3.63) is 133 Å². The zero-order valence-corrected chi connectivity index (χ0v) is 26.1. The Kier molecular flexibility index (Phi) is 6.03. The van der Waals surface area contributed by atoms with Crippen LogP contribution in [0.25, 0.3) is 21.9 Å². The van der Waals surface area contributed by atoms with Crippen molar-refractivity contribution in [2.24, 2.45) is 0 Å². The van der Waals surface area contributed by atoms with Crippen molar-refractivity contribution >= 4 is 72.2 Å². The number of amides is 1. The van der Waals surface area contributed by atoms with Gasteiger partial charge < -0.3 is 28.7 Å². The highest BCUT2D eigenvalue weighted by atomic mass is 79.9. The number of para-hydroxylation sites is 2. The van der Waals surface area contributed by atoms with E-state index in [0.29, 0.717) is 75.5 Å². The van der Waals surface area contributed by atoms with E-state index in [9.17, 15) is 14.4 Å². The molecule has 6 aromatic rings. The summed E-state index contributed by atoms with van der Waals surface area (Å²) in [6.45, 7) is 2.05. The fraction of sp³-hybridized carbons (Fsp3) is 0.139. The molecule has 4 aromatic carbocycles. The van der Waals surface area contributed by atoms with Crippen molar-refractivity contribution in [2.45, 2.75) is 5.41 Å². The van der Waals surface area contributed by atoms with E-state index in [1.165, 1.54) is 6.07 Å². The molecule has 9 rings (SSSR count). The molecule has 0 aliphatic carbocycles. The van der Waals surface area contributed by atoms with Crippen LogP contribution in [-0.2, 0) is 14.9 Å². The number of ether oxygens (including phenoxy) is 1. The van der Waals surface area contributed by atoms with E-state index in [1.54, 1.807) is 83.8 Å². The molecule has 1 spiro atoms. The number of hydrogen-bond donors (Lipinski definition) is 1. The summed E-state index contributed by atoms with van der Waals surface area (Å²) >= 11 is 3.52. The van der Waals surface area contributed by atoms with Gasteiger partial charge in [-0.2, -0.15) is 0 Å². The number of halogens is 2. The van der Waals surface area contributed by atoms with Crippen LogP contribution in [-0.4, -0.2) is 32.2 Å². The van der Waals surface area contributed by atoms with E-state index in [2.05, 4.69) is 21.2 Å². The monoisotopic (exact) mass is 691 g/mol. The van der Waals surface area contributed by atoms with Crippen molar-refractivity contribution in [3.8, 4) is 0 Å². The molecule has 3 aliphatic heterocycles. The molecule has 11 heteroatoms. The van der Waals surface area contributed by atoms with Crippen molar-refractivity contribution in [2.75, 3.05) is 41.4 Å². The van der Waals surface area contributed by atoms with Crippen LogP contribution in [0.5, 0.6) is 0 Å². The summed E-state index contributed by atoms with van der Waals surface area (Å²) in [6.07, 6.45) is 0. The lowest BCUT2D eigenvalue weighted by molar-refractivity contribution is -0.118. The fourth-order valence-electron chi connectivity index (χ4n) is 7.35. The van der Waals surface area contributed by atoms with Crippen molar-refractivity contribution in [1.82, 2.24) is 0 Å². The van der Waals surface area contributed by atoms with Gasteiger partial charge in [-0.3, -0.25) is 4.79 Å². The van der Waals surface area contributed by atoms with Gasteiger partial charge in [0.05, 0.1) is 41.4 Å². The minimum absolute atomic E-state index is 0.0710. The quantitative estimate of drug-likeness (QED) is 0.200. The van der Waals surface area contributed by atoms with Gasteiger partial charge in [0.15, 0.2) is 0 Å². The van der Waals surface area contributed by atoms with Crippen molar-refractivity contribution in [1.29, 1.82) is 0 Å². The lowest BCUT2D eigenvalue weighted by Crippen LogP contribution is -2.48. The number of anilines is 5.